The van der Waals surface area contributed by atoms with Crippen LogP contribution in [0.5, 0.6) is 0 Å². The molecular weight excluding hydrogens is 219 g/mol. The number of nitrogen functional groups attached to an aromatic ring is 1. The lowest BCUT2D eigenvalue weighted by molar-refractivity contribution is 0.293. The van der Waals surface area contributed by atoms with E-state index in [4.69, 9.17) is 5.73 Å². The second-order valence-corrected chi connectivity index (χ2v) is 4.94. The predicted octanol–water partition coefficient (Wildman–Crippen LogP) is 2.44. The van der Waals surface area contributed by atoms with E-state index in [9.17, 15) is 4.39 Å². The Morgan fingerprint density at radius 2 is 2.35 bits per heavy atom. The number of aromatic nitrogens is 2. The van der Waals surface area contributed by atoms with E-state index in [1.165, 1.54) is 25.7 Å². The molecule has 17 heavy (non-hydrogen) atoms. The Balaban J connectivity index is 1.90. The number of hydrogen-bond donors (Lipinski definition) is 2. The molecule has 0 saturated heterocycles. The number of nitrogens with zero attached hydrogens (tertiary/aromatic N) is 2. The molecule has 1 fully saturated rings. The van der Waals surface area contributed by atoms with Gasteiger partial charge >= 0.3 is 0 Å². The van der Waals surface area contributed by atoms with Gasteiger partial charge in [0, 0.05) is 6.54 Å². The first-order valence-electron chi connectivity index (χ1n) is 6.17. The zero-order chi connectivity index (χ0) is 12.3. The zero-order valence-corrected chi connectivity index (χ0v) is 10.1. The molecule has 0 aromatic carbocycles. The third-order valence-electron chi connectivity index (χ3n) is 3.37. The van der Waals surface area contributed by atoms with E-state index in [-0.39, 0.29) is 11.8 Å². The Morgan fingerprint density at radius 1 is 1.53 bits per heavy atom. The summed E-state index contributed by atoms with van der Waals surface area (Å²) in [5, 5.41) is 3.04. The third kappa shape index (κ3) is 3.28. The van der Waals surface area contributed by atoms with Crippen LogP contribution in [0.2, 0.25) is 0 Å². The van der Waals surface area contributed by atoms with Gasteiger partial charge in [0.1, 0.15) is 0 Å². The fourth-order valence-electron chi connectivity index (χ4n) is 2.49. The van der Waals surface area contributed by atoms with Crippen LogP contribution in [0.25, 0.3) is 0 Å². The molecule has 2 unspecified atom stereocenters. The number of anilines is 2. The van der Waals surface area contributed by atoms with Crippen LogP contribution in [0.4, 0.5) is 16.2 Å². The van der Waals surface area contributed by atoms with Gasteiger partial charge in [0.25, 0.3) is 0 Å². The van der Waals surface area contributed by atoms with E-state index in [0.29, 0.717) is 5.92 Å². The van der Waals surface area contributed by atoms with Crippen molar-refractivity contribution in [3.63, 3.8) is 0 Å². The fraction of sp³-hybridized carbons (Fsp3) is 0.667. The first kappa shape index (κ1) is 12.1. The molecule has 1 heterocycles. The number of rotatable bonds is 3. The highest BCUT2D eigenvalue weighted by molar-refractivity contribution is 5.39. The van der Waals surface area contributed by atoms with Gasteiger partial charge in [-0.2, -0.15) is 4.98 Å². The van der Waals surface area contributed by atoms with E-state index >= 15 is 0 Å². The summed E-state index contributed by atoms with van der Waals surface area (Å²) < 4.78 is 13.4. The molecule has 94 valence electrons. The van der Waals surface area contributed by atoms with Gasteiger partial charge in [0.05, 0.1) is 6.20 Å². The first-order chi connectivity index (χ1) is 8.15. The standard InChI is InChI=1S/C12H19FN4/c1-8-3-2-4-9(5-8)6-15-11-10(13)7-16-12(14)17-11/h7-9H,2-6H2,1H3,(H3,14,15,16,17). The highest BCUT2D eigenvalue weighted by Gasteiger charge is 2.19. The molecule has 4 nitrogen and oxygen atoms in total. The van der Waals surface area contributed by atoms with Gasteiger partial charge in [-0.1, -0.05) is 19.8 Å². The average Bonchev–Trinajstić information content (AvgIpc) is 2.30. The molecule has 0 radical (unpaired) electrons. The highest BCUT2D eigenvalue weighted by Crippen LogP contribution is 2.28. The summed E-state index contributed by atoms with van der Waals surface area (Å²) in [7, 11) is 0. The van der Waals surface area contributed by atoms with Crippen molar-refractivity contribution >= 4 is 11.8 Å². The van der Waals surface area contributed by atoms with Crippen molar-refractivity contribution in [2.75, 3.05) is 17.6 Å². The van der Waals surface area contributed by atoms with Gasteiger partial charge in [-0.15, -0.1) is 0 Å². The van der Waals surface area contributed by atoms with Crippen LogP contribution in [0.3, 0.4) is 0 Å². The Labute approximate surface area is 101 Å². The van der Waals surface area contributed by atoms with Gasteiger partial charge in [0.2, 0.25) is 5.95 Å². The monoisotopic (exact) mass is 238 g/mol. The van der Waals surface area contributed by atoms with Crippen molar-refractivity contribution in [1.29, 1.82) is 0 Å². The fourth-order valence-corrected chi connectivity index (χ4v) is 2.49. The SMILES string of the molecule is CC1CCCC(CNc2nc(N)ncc2F)C1. The molecule has 2 atom stereocenters. The zero-order valence-electron chi connectivity index (χ0n) is 10.1. The largest absolute Gasteiger partial charge is 0.368 e. The smallest absolute Gasteiger partial charge is 0.222 e. The van der Waals surface area contributed by atoms with Gasteiger partial charge < -0.3 is 11.1 Å². The Morgan fingerprint density at radius 3 is 3.12 bits per heavy atom. The van der Waals surface area contributed by atoms with Crippen LogP contribution in [0, 0.1) is 17.7 Å². The van der Waals surface area contributed by atoms with Gasteiger partial charge in [-0.05, 0) is 24.7 Å². The summed E-state index contributed by atoms with van der Waals surface area (Å²) in [6.45, 7) is 3.03. The number of halogens is 1. The van der Waals surface area contributed by atoms with Gasteiger partial charge in [0.15, 0.2) is 11.6 Å². The lowest BCUT2D eigenvalue weighted by Gasteiger charge is -2.26. The Hall–Kier alpha value is -1.39. The summed E-state index contributed by atoms with van der Waals surface area (Å²) in [6.07, 6.45) is 6.09. The molecule has 2 rings (SSSR count). The van der Waals surface area contributed by atoms with E-state index < -0.39 is 5.82 Å². The maximum Gasteiger partial charge on any atom is 0.222 e. The normalized spacial score (nSPS) is 24.6. The van der Waals surface area contributed by atoms with Crippen molar-refractivity contribution in [3.05, 3.63) is 12.0 Å². The molecule has 1 aromatic heterocycles. The van der Waals surface area contributed by atoms with Crippen LogP contribution in [-0.2, 0) is 0 Å². The topological polar surface area (TPSA) is 63.8 Å². The minimum absolute atomic E-state index is 0.103. The molecule has 3 N–H and O–H groups in total. The molecule has 1 saturated carbocycles. The van der Waals surface area contributed by atoms with Crippen molar-refractivity contribution in [1.82, 2.24) is 9.97 Å². The second kappa shape index (κ2) is 5.29. The summed E-state index contributed by atoms with van der Waals surface area (Å²) >= 11 is 0. The summed E-state index contributed by atoms with van der Waals surface area (Å²) in [5.41, 5.74) is 5.43. The van der Waals surface area contributed by atoms with Crippen LogP contribution >= 0.6 is 0 Å². The van der Waals surface area contributed by atoms with Crippen molar-refractivity contribution in [2.24, 2.45) is 11.8 Å². The molecule has 1 aliphatic carbocycles. The number of nitrogens with two attached hydrogens (primary N) is 1. The van der Waals surface area contributed by atoms with E-state index in [1.54, 1.807) is 0 Å². The van der Waals surface area contributed by atoms with E-state index in [2.05, 4.69) is 22.2 Å². The summed E-state index contributed by atoms with van der Waals surface area (Å²) in [4.78, 5) is 7.45. The lowest BCUT2D eigenvalue weighted by atomic mass is 9.82. The van der Waals surface area contributed by atoms with Crippen molar-refractivity contribution in [2.45, 2.75) is 32.6 Å². The van der Waals surface area contributed by atoms with Gasteiger partial charge in [-0.25, -0.2) is 9.37 Å². The predicted molar refractivity (Wildman–Crippen MR) is 66.0 cm³/mol. The molecule has 0 aliphatic heterocycles. The van der Waals surface area contributed by atoms with Crippen LogP contribution in [-0.4, -0.2) is 16.5 Å². The molecule has 1 aromatic rings. The molecule has 0 bridgehead atoms. The third-order valence-corrected chi connectivity index (χ3v) is 3.37. The van der Waals surface area contributed by atoms with Crippen molar-refractivity contribution in [3.8, 4) is 0 Å². The molecule has 1 aliphatic rings. The molecule has 0 amide bonds. The second-order valence-electron chi connectivity index (χ2n) is 4.94. The number of nitrogens with one attached hydrogen (secondary N) is 1. The number of hydrogen-bond acceptors (Lipinski definition) is 4. The van der Waals surface area contributed by atoms with Crippen LogP contribution in [0.1, 0.15) is 32.6 Å². The lowest BCUT2D eigenvalue weighted by Crippen LogP contribution is -2.22. The maximum atomic E-state index is 13.4. The minimum Gasteiger partial charge on any atom is -0.368 e. The summed E-state index contributed by atoms with van der Waals surface area (Å²) in [6, 6.07) is 0. The molecule has 0 spiro atoms. The Kier molecular flexibility index (Phi) is 3.76. The molecule has 5 heteroatoms. The van der Waals surface area contributed by atoms with Crippen LogP contribution in [0.15, 0.2) is 6.20 Å². The van der Waals surface area contributed by atoms with Gasteiger partial charge in [-0.3, -0.25) is 0 Å². The van der Waals surface area contributed by atoms with Crippen LogP contribution < -0.4 is 11.1 Å². The maximum absolute atomic E-state index is 13.4. The first-order valence-corrected chi connectivity index (χ1v) is 6.17. The Bertz CT molecular complexity index is 383. The average molecular weight is 238 g/mol. The quantitative estimate of drug-likeness (QED) is 0.849. The summed E-state index contributed by atoms with van der Waals surface area (Å²) in [5.74, 6) is 1.26. The van der Waals surface area contributed by atoms with E-state index in [0.717, 1.165) is 18.7 Å². The van der Waals surface area contributed by atoms with E-state index in [1.807, 2.05) is 0 Å². The van der Waals surface area contributed by atoms with Crippen molar-refractivity contribution < 1.29 is 4.39 Å². The molecular formula is C12H19FN4. The highest BCUT2D eigenvalue weighted by atomic mass is 19.1. The minimum atomic E-state index is -0.442.